The molecule has 0 aromatic heterocycles. The molecule has 2 aliphatic carbocycles. The Bertz CT molecular complexity index is 937. The van der Waals surface area contributed by atoms with Crippen molar-refractivity contribution in [3.63, 3.8) is 0 Å². The molecule has 4 nitrogen and oxygen atoms in total. The molecule has 1 N–H and O–H groups in total. The number of carbonyl (C=O) groups excluding carboxylic acids is 2. The summed E-state index contributed by atoms with van der Waals surface area (Å²) in [7, 11) is 0. The molecule has 5 heteroatoms. The molecular weight excluding hydrogens is 442 g/mol. The number of hydrogen-bond acceptors (Lipinski definition) is 4. The smallest absolute Gasteiger partial charge is 0.337 e. The van der Waals surface area contributed by atoms with Crippen molar-refractivity contribution < 1.29 is 14.3 Å². The van der Waals surface area contributed by atoms with E-state index < -0.39 is 5.92 Å². The van der Waals surface area contributed by atoms with Crippen molar-refractivity contribution in [2.75, 3.05) is 0 Å². The molecule has 1 aliphatic heterocycles. The number of dihydropyridines is 1. The lowest BCUT2D eigenvalue weighted by molar-refractivity contribution is -0.146. The lowest BCUT2D eigenvalue weighted by Gasteiger charge is -2.39. The van der Waals surface area contributed by atoms with E-state index >= 15 is 0 Å². The summed E-state index contributed by atoms with van der Waals surface area (Å²) in [5.41, 5.74) is 3.91. The molecule has 1 saturated carbocycles. The van der Waals surface area contributed by atoms with Crippen LogP contribution in [0.15, 0.2) is 51.3 Å². The molecule has 0 unspecified atom stereocenters. The molecule has 3 aliphatic rings. The van der Waals surface area contributed by atoms with E-state index in [1.165, 1.54) is 6.42 Å². The first-order valence-electron chi connectivity index (χ1n) is 11.0. The lowest BCUT2D eigenvalue weighted by atomic mass is 9.68. The van der Waals surface area contributed by atoms with Crippen LogP contribution in [0.1, 0.15) is 77.2 Å². The third kappa shape index (κ3) is 4.27. The van der Waals surface area contributed by atoms with Crippen molar-refractivity contribution >= 4 is 27.7 Å². The van der Waals surface area contributed by atoms with Crippen LogP contribution in [-0.2, 0) is 14.3 Å². The Morgan fingerprint density at radius 2 is 1.90 bits per heavy atom. The topological polar surface area (TPSA) is 55.4 Å². The first kappa shape index (κ1) is 21.4. The molecule has 1 aromatic carbocycles. The van der Waals surface area contributed by atoms with Crippen LogP contribution in [0.4, 0.5) is 0 Å². The summed E-state index contributed by atoms with van der Waals surface area (Å²) in [5.74, 6) is -0.561. The highest BCUT2D eigenvalue weighted by atomic mass is 79.9. The zero-order chi connectivity index (χ0) is 21.5. The van der Waals surface area contributed by atoms with Crippen LogP contribution in [0.25, 0.3) is 0 Å². The fourth-order valence-electron chi connectivity index (χ4n) is 5.12. The second kappa shape index (κ2) is 8.33. The average molecular weight is 472 g/mol. The van der Waals surface area contributed by atoms with Gasteiger partial charge in [0.15, 0.2) is 5.78 Å². The summed E-state index contributed by atoms with van der Waals surface area (Å²) in [6.07, 6.45) is 6.52. The van der Waals surface area contributed by atoms with Gasteiger partial charge in [0.25, 0.3) is 0 Å². The van der Waals surface area contributed by atoms with Gasteiger partial charge in [-0.3, -0.25) is 4.79 Å². The molecule has 1 heterocycles. The van der Waals surface area contributed by atoms with Crippen molar-refractivity contribution in [3.05, 3.63) is 56.8 Å². The lowest BCUT2D eigenvalue weighted by Crippen LogP contribution is -2.39. The second-order valence-corrected chi connectivity index (χ2v) is 10.6. The van der Waals surface area contributed by atoms with E-state index in [2.05, 4.69) is 35.1 Å². The highest BCUT2D eigenvalue weighted by Gasteiger charge is 2.43. The average Bonchev–Trinajstić information content (AvgIpc) is 2.66. The molecule has 0 saturated heterocycles. The Hall–Kier alpha value is -1.88. The fourth-order valence-corrected chi connectivity index (χ4v) is 5.54. The Balaban J connectivity index is 1.76. The molecule has 0 amide bonds. The maximum Gasteiger partial charge on any atom is 0.337 e. The fraction of sp³-hybridized carbons (Fsp3) is 0.520. The van der Waals surface area contributed by atoms with Gasteiger partial charge in [0.2, 0.25) is 0 Å². The molecule has 4 rings (SSSR count). The summed E-state index contributed by atoms with van der Waals surface area (Å²) in [5, 5.41) is 3.41. The van der Waals surface area contributed by atoms with Gasteiger partial charge < -0.3 is 10.1 Å². The number of rotatable bonds is 3. The quantitative estimate of drug-likeness (QED) is 0.555. The predicted octanol–water partition coefficient (Wildman–Crippen LogP) is 5.93. The molecular formula is C25H30BrNO3. The van der Waals surface area contributed by atoms with Gasteiger partial charge in [-0.1, -0.05) is 48.3 Å². The van der Waals surface area contributed by atoms with Gasteiger partial charge in [-0.2, -0.15) is 0 Å². The molecule has 0 bridgehead atoms. The minimum atomic E-state index is -0.390. The zero-order valence-corrected chi connectivity index (χ0v) is 19.6. The summed E-state index contributed by atoms with van der Waals surface area (Å²) < 4.78 is 6.89. The van der Waals surface area contributed by atoms with Crippen molar-refractivity contribution in [1.82, 2.24) is 5.32 Å². The normalized spacial score (nSPS) is 24.4. The first-order valence-corrected chi connectivity index (χ1v) is 11.7. The standard InChI is InChI=1S/C25H30BrNO3/c1-15-21(24(29)30-18-10-5-4-6-11-18)22(16-8-7-9-17(26)12-16)23-19(27-15)13-25(2,3)14-20(23)28/h7-9,12,18,22,27H,4-6,10-11,13-14H2,1-3H3/t22-/m0/s1. The van der Waals surface area contributed by atoms with E-state index in [-0.39, 0.29) is 23.3 Å². The van der Waals surface area contributed by atoms with E-state index in [1.54, 1.807) is 0 Å². The minimum Gasteiger partial charge on any atom is -0.459 e. The third-order valence-corrected chi connectivity index (χ3v) is 6.96. The molecule has 160 valence electrons. The van der Waals surface area contributed by atoms with E-state index in [0.29, 0.717) is 12.0 Å². The number of allylic oxidation sites excluding steroid dienone is 3. The molecule has 1 aromatic rings. The van der Waals surface area contributed by atoms with Crippen molar-refractivity contribution in [3.8, 4) is 0 Å². The molecule has 0 radical (unpaired) electrons. The number of halogens is 1. The minimum absolute atomic E-state index is 0.0222. The number of esters is 1. The van der Waals surface area contributed by atoms with Crippen molar-refractivity contribution in [2.45, 2.75) is 77.7 Å². The van der Waals surface area contributed by atoms with Gasteiger partial charge >= 0.3 is 5.97 Å². The highest BCUT2D eigenvalue weighted by Crippen LogP contribution is 2.47. The van der Waals surface area contributed by atoms with Crippen LogP contribution < -0.4 is 5.32 Å². The summed E-state index contributed by atoms with van der Waals surface area (Å²) in [6, 6.07) is 7.93. The number of ether oxygens (including phenoxy) is 1. The highest BCUT2D eigenvalue weighted by molar-refractivity contribution is 9.10. The van der Waals surface area contributed by atoms with Crippen LogP contribution >= 0.6 is 15.9 Å². The van der Waals surface area contributed by atoms with Gasteiger partial charge in [0, 0.05) is 33.8 Å². The number of carbonyl (C=O) groups is 2. The SMILES string of the molecule is CC1=C(C(=O)OC2CCCCC2)[C@H](c2cccc(Br)c2)C2=C(CC(C)(C)CC2=O)N1. The van der Waals surface area contributed by atoms with Gasteiger partial charge in [-0.15, -0.1) is 0 Å². The summed E-state index contributed by atoms with van der Waals surface area (Å²) >= 11 is 3.55. The van der Waals surface area contributed by atoms with Crippen LogP contribution in [0.3, 0.4) is 0 Å². The monoisotopic (exact) mass is 471 g/mol. The maximum absolute atomic E-state index is 13.4. The van der Waals surface area contributed by atoms with E-state index in [9.17, 15) is 9.59 Å². The molecule has 1 fully saturated rings. The first-order chi connectivity index (χ1) is 14.2. The number of nitrogens with one attached hydrogen (secondary N) is 1. The van der Waals surface area contributed by atoms with E-state index in [1.807, 2.05) is 31.2 Å². The van der Waals surface area contributed by atoms with Gasteiger partial charge in [0.05, 0.1) is 5.57 Å². The Morgan fingerprint density at radius 3 is 2.60 bits per heavy atom. The van der Waals surface area contributed by atoms with E-state index in [4.69, 9.17) is 4.74 Å². The second-order valence-electron chi connectivity index (χ2n) is 9.65. The number of ketones is 1. The van der Waals surface area contributed by atoms with Crippen molar-refractivity contribution in [1.29, 1.82) is 0 Å². The third-order valence-electron chi connectivity index (χ3n) is 6.47. The largest absolute Gasteiger partial charge is 0.459 e. The Labute approximate surface area is 187 Å². The van der Waals surface area contributed by atoms with Crippen LogP contribution in [-0.4, -0.2) is 17.9 Å². The summed E-state index contributed by atoms with van der Waals surface area (Å²) in [6.45, 7) is 6.17. The predicted molar refractivity (Wildman–Crippen MR) is 121 cm³/mol. The zero-order valence-electron chi connectivity index (χ0n) is 18.0. The number of hydrogen-bond donors (Lipinski definition) is 1. The van der Waals surface area contributed by atoms with Gasteiger partial charge in [0.1, 0.15) is 6.10 Å². The molecule has 1 atom stereocenters. The maximum atomic E-state index is 13.4. The van der Waals surface area contributed by atoms with E-state index in [0.717, 1.165) is 59.1 Å². The molecule has 30 heavy (non-hydrogen) atoms. The Kier molecular flexibility index (Phi) is 5.93. The molecule has 0 spiro atoms. The van der Waals surface area contributed by atoms with Crippen molar-refractivity contribution in [2.24, 2.45) is 5.41 Å². The number of Topliss-reactive ketones (excluding diaryl/α,β-unsaturated/α-hetero) is 1. The number of benzene rings is 1. The van der Waals surface area contributed by atoms with Crippen LogP contribution in [0.5, 0.6) is 0 Å². The Morgan fingerprint density at radius 1 is 1.17 bits per heavy atom. The van der Waals surface area contributed by atoms with Gasteiger partial charge in [-0.25, -0.2) is 4.79 Å². The van der Waals surface area contributed by atoms with Crippen LogP contribution in [0.2, 0.25) is 0 Å². The summed E-state index contributed by atoms with van der Waals surface area (Å²) in [4.78, 5) is 26.7. The van der Waals surface area contributed by atoms with Gasteiger partial charge in [-0.05, 0) is 62.1 Å². The van der Waals surface area contributed by atoms with Crippen LogP contribution in [0, 0.1) is 5.41 Å².